The summed E-state index contributed by atoms with van der Waals surface area (Å²) in [5.74, 6) is 0. The second kappa shape index (κ2) is 8.77. The van der Waals surface area contributed by atoms with Gasteiger partial charge in [0.1, 0.15) is 0 Å². The van der Waals surface area contributed by atoms with E-state index < -0.39 is 10.0 Å². The minimum atomic E-state index is -3.50. The minimum absolute atomic E-state index is 0.180. The van der Waals surface area contributed by atoms with Crippen molar-refractivity contribution in [1.29, 1.82) is 0 Å². The van der Waals surface area contributed by atoms with Crippen LogP contribution in [0, 0.1) is 0 Å². The third-order valence-electron chi connectivity index (χ3n) is 4.01. The van der Waals surface area contributed by atoms with Gasteiger partial charge in [-0.25, -0.2) is 13.2 Å². The lowest BCUT2D eigenvalue weighted by atomic mass is 10.1. The molecule has 0 saturated carbocycles. The summed E-state index contributed by atoms with van der Waals surface area (Å²) in [5, 5.41) is 5.53. The van der Waals surface area contributed by atoms with E-state index in [2.05, 4.69) is 15.6 Å². The zero-order valence-electron chi connectivity index (χ0n) is 15.1. The maximum absolute atomic E-state index is 12.5. The first kappa shape index (κ1) is 19.9. The number of benzene rings is 1. The van der Waals surface area contributed by atoms with Crippen LogP contribution in [0.15, 0.2) is 53.7 Å². The van der Waals surface area contributed by atoms with Crippen molar-refractivity contribution in [3.63, 3.8) is 0 Å². The van der Waals surface area contributed by atoms with Crippen LogP contribution in [0.25, 0.3) is 0 Å². The Bertz CT molecular complexity index is 819. The summed E-state index contributed by atoms with van der Waals surface area (Å²) in [5.41, 5.74) is 1.46. The summed E-state index contributed by atoms with van der Waals surface area (Å²) in [6.07, 6.45) is 3.33. The van der Waals surface area contributed by atoms with Crippen molar-refractivity contribution in [2.24, 2.45) is 0 Å². The van der Waals surface area contributed by atoms with Gasteiger partial charge in [-0.1, -0.05) is 13.8 Å². The fraction of sp³-hybridized carbons (Fsp3) is 0.333. The number of nitrogens with one attached hydrogen (secondary N) is 2. The molecule has 26 heavy (non-hydrogen) atoms. The van der Waals surface area contributed by atoms with Crippen LogP contribution in [0.5, 0.6) is 0 Å². The highest BCUT2D eigenvalue weighted by atomic mass is 32.2. The molecule has 2 aromatic rings. The molecule has 1 aromatic heterocycles. The van der Waals surface area contributed by atoms with Gasteiger partial charge >= 0.3 is 6.03 Å². The molecule has 8 heteroatoms. The number of nitrogens with zero attached hydrogens (tertiary/aromatic N) is 2. The highest BCUT2D eigenvalue weighted by Gasteiger charge is 2.21. The van der Waals surface area contributed by atoms with Gasteiger partial charge in [0.25, 0.3) is 0 Å². The lowest BCUT2D eigenvalue weighted by Gasteiger charge is -2.18. The van der Waals surface area contributed by atoms with Crippen molar-refractivity contribution in [3.8, 4) is 0 Å². The summed E-state index contributed by atoms with van der Waals surface area (Å²) in [6.45, 7) is 6.29. The SMILES string of the molecule is CCN(CC)S(=O)(=O)c1ccc(NC(=O)NC(C)c2ccncc2)cc1. The number of sulfonamides is 1. The van der Waals surface area contributed by atoms with Crippen LogP contribution < -0.4 is 10.6 Å². The van der Waals surface area contributed by atoms with Crippen LogP contribution in [0.3, 0.4) is 0 Å². The predicted octanol–water partition coefficient (Wildman–Crippen LogP) is 2.99. The average molecular weight is 376 g/mol. The summed E-state index contributed by atoms with van der Waals surface area (Å²) < 4.78 is 26.3. The van der Waals surface area contributed by atoms with Crippen LogP contribution in [0.4, 0.5) is 10.5 Å². The van der Waals surface area contributed by atoms with E-state index in [1.807, 2.05) is 19.1 Å². The van der Waals surface area contributed by atoms with Crippen molar-refractivity contribution in [2.75, 3.05) is 18.4 Å². The average Bonchev–Trinajstić information content (AvgIpc) is 2.63. The second-order valence-electron chi connectivity index (χ2n) is 5.71. The van der Waals surface area contributed by atoms with Crippen molar-refractivity contribution >= 4 is 21.7 Å². The second-order valence-corrected chi connectivity index (χ2v) is 7.65. The summed E-state index contributed by atoms with van der Waals surface area (Å²) in [7, 11) is -3.50. The van der Waals surface area contributed by atoms with Crippen molar-refractivity contribution < 1.29 is 13.2 Å². The molecule has 0 spiro atoms. The van der Waals surface area contributed by atoms with Crippen molar-refractivity contribution in [1.82, 2.24) is 14.6 Å². The van der Waals surface area contributed by atoms with Crippen LogP contribution in [0.1, 0.15) is 32.4 Å². The third kappa shape index (κ3) is 4.80. The van der Waals surface area contributed by atoms with E-state index in [4.69, 9.17) is 0 Å². The monoisotopic (exact) mass is 376 g/mol. The lowest BCUT2D eigenvalue weighted by molar-refractivity contribution is 0.249. The van der Waals surface area contributed by atoms with Gasteiger partial charge < -0.3 is 10.6 Å². The molecule has 0 aliphatic heterocycles. The quantitative estimate of drug-likeness (QED) is 0.777. The van der Waals surface area contributed by atoms with E-state index in [-0.39, 0.29) is 17.0 Å². The molecule has 0 radical (unpaired) electrons. The van der Waals surface area contributed by atoms with E-state index in [0.29, 0.717) is 18.8 Å². The molecule has 7 nitrogen and oxygen atoms in total. The first-order chi connectivity index (χ1) is 12.4. The summed E-state index contributed by atoms with van der Waals surface area (Å²) in [4.78, 5) is 16.3. The smallest absolute Gasteiger partial charge is 0.319 e. The Kier molecular flexibility index (Phi) is 6.70. The van der Waals surface area contributed by atoms with Gasteiger partial charge in [-0.05, 0) is 48.9 Å². The molecule has 1 atom stereocenters. The molecule has 2 amide bonds. The first-order valence-corrected chi connectivity index (χ1v) is 9.90. The zero-order chi connectivity index (χ0) is 19.2. The van der Waals surface area contributed by atoms with E-state index in [0.717, 1.165) is 5.56 Å². The van der Waals surface area contributed by atoms with Crippen LogP contribution in [-0.4, -0.2) is 36.8 Å². The number of carbonyl (C=O) groups is 1. The highest BCUT2D eigenvalue weighted by Crippen LogP contribution is 2.18. The van der Waals surface area contributed by atoms with Crippen molar-refractivity contribution in [2.45, 2.75) is 31.7 Å². The van der Waals surface area contributed by atoms with Crippen LogP contribution in [0.2, 0.25) is 0 Å². The molecule has 2 N–H and O–H groups in total. The first-order valence-electron chi connectivity index (χ1n) is 8.46. The number of pyridine rings is 1. The summed E-state index contributed by atoms with van der Waals surface area (Å²) >= 11 is 0. The fourth-order valence-electron chi connectivity index (χ4n) is 2.52. The Labute approximate surface area is 154 Å². The normalized spacial score (nSPS) is 12.6. The number of urea groups is 1. The molecular weight excluding hydrogens is 352 g/mol. The highest BCUT2D eigenvalue weighted by molar-refractivity contribution is 7.89. The van der Waals surface area contributed by atoms with Gasteiger partial charge in [0.2, 0.25) is 10.0 Å². The van der Waals surface area contributed by atoms with Gasteiger partial charge in [0.05, 0.1) is 10.9 Å². The molecule has 0 saturated heterocycles. The Morgan fingerprint density at radius 1 is 1.08 bits per heavy atom. The van der Waals surface area contributed by atoms with Gasteiger partial charge in [-0.2, -0.15) is 4.31 Å². The zero-order valence-corrected chi connectivity index (χ0v) is 16.0. The van der Waals surface area contributed by atoms with Crippen molar-refractivity contribution in [3.05, 3.63) is 54.4 Å². The largest absolute Gasteiger partial charge is 0.331 e. The number of rotatable bonds is 7. The van der Waals surface area contributed by atoms with Crippen LogP contribution in [-0.2, 0) is 10.0 Å². The number of carbonyl (C=O) groups excluding carboxylic acids is 1. The maximum Gasteiger partial charge on any atom is 0.319 e. The third-order valence-corrected chi connectivity index (χ3v) is 6.07. The van der Waals surface area contributed by atoms with E-state index in [9.17, 15) is 13.2 Å². The Morgan fingerprint density at radius 2 is 1.65 bits per heavy atom. The number of hydrogen-bond acceptors (Lipinski definition) is 4. The van der Waals surface area contributed by atoms with E-state index in [1.165, 1.54) is 16.4 Å². The van der Waals surface area contributed by atoms with Gasteiger partial charge in [0.15, 0.2) is 0 Å². The van der Waals surface area contributed by atoms with E-state index >= 15 is 0 Å². The molecule has 1 unspecified atom stereocenters. The molecule has 2 rings (SSSR count). The topological polar surface area (TPSA) is 91.4 Å². The van der Waals surface area contributed by atoms with Gasteiger partial charge in [-0.3, -0.25) is 4.98 Å². The molecule has 1 heterocycles. The molecule has 0 aliphatic carbocycles. The molecule has 140 valence electrons. The van der Waals surface area contributed by atoms with Gasteiger partial charge in [-0.15, -0.1) is 0 Å². The Balaban J connectivity index is 2.02. The predicted molar refractivity (Wildman–Crippen MR) is 101 cm³/mol. The lowest BCUT2D eigenvalue weighted by Crippen LogP contribution is -2.31. The number of aromatic nitrogens is 1. The maximum atomic E-state index is 12.5. The Hall–Kier alpha value is -2.45. The standard InChI is InChI=1S/C18H24N4O3S/c1-4-22(5-2)26(24,25)17-8-6-16(7-9-17)21-18(23)20-14(3)15-10-12-19-13-11-15/h6-14H,4-5H2,1-3H3,(H2,20,21,23). The number of amides is 2. The molecule has 0 fully saturated rings. The van der Waals surface area contributed by atoms with Crippen LogP contribution >= 0.6 is 0 Å². The number of anilines is 1. The fourth-order valence-corrected chi connectivity index (χ4v) is 3.98. The van der Waals surface area contributed by atoms with E-state index in [1.54, 1.807) is 38.4 Å². The minimum Gasteiger partial charge on any atom is -0.331 e. The Morgan fingerprint density at radius 3 is 2.19 bits per heavy atom. The van der Waals surface area contributed by atoms with Gasteiger partial charge in [0, 0.05) is 31.2 Å². The molecule has 1 aromatic carbocycles. The molecule has 0 aliphatic rings. The summed E-state index contributed by atoms with van der Waals surface area (Å²) in [6, 6.07) is 9.26. The number of hydrogen-bond donors (Lipinski definition) is 2. The molecular formula is C18H24N4O3S. The molecule has 0 bridgehead atoms.